The summed E-state index contributed by atoms with van der Waals surface area (Å²) in [5, 5.41) is 6.26. The fraction of sp³-hybridized carbons (Fsp3) is 0.444. The van der Waals surface area contributed by atoms with E-state index in [9.17, 15) is 14.4 Å². The maximum Gasteiger partial charge on any atom is 0.249 e. The number of anilines is 1. The lowest BCUT2D eigenvalue weighted by Crippen LogP contribution is -2.48. The first-order valence-corrected chi connectivity index (χ1v) is 12.1. The van der Waals surface area contributed by atoms with Crippen LogP contribution < -0.4 is 10.6 Å². The minimum atomic E-state index is -0.759. The Morgan fingerprint density at radius 1 is 1.24 bits per heavy atom. The minimum Gasteiger partial charge on any atom is -0.384 e. The molecule has 3 rings (SSSR count). The number of amides is 3. The maximum atomic E-state index is 13.1. The van der Waals surface area contributed by atoms with Crippen molar-refractivity contribution in [3.05, 3.63) is 66.3 Å². The first-order chi connectivity index (χ1) is 16.5. The molecular formula is C27H36N4O3. The van der Waals surface area contributed by atoms with Gasteiger partial charge in [0.15, 0.2) is 0 Å². The molecule has 2 heterocycles. The monoisotopic (exact) mass is 464 g/mol. The van der Waals surface area contributed by atoms with Crippen molar-refractivity contribution in [2.24, 2.45) is 0 Å². The second kappa shape index (κ2) is 12.2. The van der Waals surface area contributed by atoms with Crippen molar-refractivity contribution in [1.29, 1.82) is 0 Å². The van der Waals surface area contributed by atoms with E-state index in [0.717, 1.165) is 29.7 Å². The Bertz CT molecular complexity index is 963. The van der Waals surface area contributed by atoms with E-state index in [0.29, 0.717) is 51.1 Å². The largest absolute Gasteiger partial charge is 0.384 e. The standard InChI is InChI=1S/C27H36N4O3/c1-4-9-21(5-2)26(27(34)31-16-7-8-17-31)29-24(32)13-11-20-10-12-23-22(18-20)19-30(6-3)25(33)14-15-28-23/h4-5,9-10,12,18,26,28H,1-2,6-8,11,13-17,19H2,3H3,(H,29,32)/b21-9+/t26-/m0/s1. The Morgan fingerprint density at radius 2 is 2.00 bits per heavy atom. The molecule has 1 aromatic rings. The summed E-state index contributed by atoms with van der Waals surface area (Å²) < 4.78 is 0. The van der Waals surface area contributed by atoms with Gasteiger partial charge in [-0.15, -0.1) is 0 Å². The molecule has 7 nitrogen and oxygen atoms in total. The molecule has 7 heteroatoms. The Kier molecular flexibility index (Phi) is 9.08. The Labute approximate surface area is 202 Å². The highest BCUT2D eigenvalue weighted by atomic mass is 16.2. The van der Waals surface area contributed by atoms with Gasteiger partial charge in [-0.2, -0.15) is 0 Å². The highest BCUT2D eigenvalue weighted by Crippen LogP contribution is 2.23. The lowest BCUT2D eigenvalue weighted by atomic mass is 10.0. The van der Waals surface area contributed by atoms with E-state index in [1.54, 1.807) is 23.1 Å². The van der Waals surface area contributed by atoms with Crippen molar-refractivity contribution >= 4 is 23.4 Å². The number of carbonyl (C=O) groups excluding carboxylic acids is 3. The van der Waals surface area contributed by atoms with Gasteiger partial charge in [-0.25, -0.2) is 0 Å². The fourth-order valence-corrected chi connectivity index (χ4v) is 4.47. The fourth-order valence-electron chi connectivity index (χ4n) is 4.47. The van der Waals surface area contributed by atoms with Crippen LogP contribution in [0.1, 0.15) is 43.7 Å². The van der Waals surface area contributed by atoms with Gasteiger partial charge in [0.1, 0.15) is 6.04 Å². The molecular weight excluding hydrogens is 428 g/mol. The minimum absolute atomic E-state index is 0.102. The van der Waals surface area contributed by atoms with Crippen molar-refractivity contribution in [3.8, 4) is 0 Å². The van der Waals surface area contributed by atoms with Gasteiger partial charge in [-0.1, -0.05) is 43.5 Å². The zero-order valence-electron chi connectivity index (χ0n) is 20.1. The molecule has 1 saturated heterocycles. The summed E-state index contributed by atoms with van der Waals surface area (Å²) in [6.45, 7) is 12.8. The van der Waals surface area contributed by atoms with Gasteiger partial charge in [0.25, 0.3) is 0 Å². The first-order valence-electron chi connectivity index (χ1n) is 12.1. The number of fused-ring (bicyclic) bond motifs is 1. The number of hydrogen-bond acceptors (Lipinski definition) is 4. The molecule has 0 unspecified atom stereocenters. The van der Waals surface area contributed by atoms with Crippen molar-refractivity contribution in [2.75, 3.05) is 31.5 Å². The third kappa shape index (κ3) is 6.37. The van der Waals surface area contributed by atoms with Crippen LogP contribution in [0.4, 0.5) is 5.69 Å². The van der Waals surface area contributed by atoms with Crippen molar-refractivity contribution in [1.82, 2.24) is 15.1 Å². The van der Waals surface area contributed by atoms with Gasteiger partial charge in [0, 0.05) is 51.3 Å². The van der Waals surface area contributed by atoms with Crippen LogP contribution in [0, 0.1) is 0 Å². The van der Waals surface area contributed by atoms with Gasteiger partial charge in [0.2, 0.25) is 17.7 Å². The Balaban J connectivity index is 1.68. The summed E-state index contributed by atoms with van der Waals surface area (Å²) in [7, 11) is 0. The highest BCUT2D eigenvalue weighted by molar-refractivity contribution is 5.91. The molecule has 1 atom stereocenters. The number of aryl methyl sites for hydroxylation is 1. The van der Waals surface area contributed by atoms with Crippen molar-refractivity contribution in [3.63, 3.8) is 0 Å². The van der Waals surface area contributed by atoms with E-state index in [1.165, 1.54) is 0 Å². The van der Waals surface area contributed by atoms with Crippen LogP contribution in [-0.4, -0.2) is 59.7 Å². The number of carbonyl (C=O) groups is 3. The van der Waals surface area contributed by atoms with Gasteiger partial charge in [-0.05, 0) is 49.0 Å². The number of rotatable bonds is 9. The average Bonchev–Trinajstić information content (AvgIpc) is 3.37. The zero-order valence-corrected chi connectivity index (χ0v) is 20.1. The summed E-state index contributed by atoms with van der Waals surface area (Å²) in [6.07, 6.45) is 8.16. The number of likely N-dealkylation sites (tertiary alicyclic amines) is 1. The first kappa shape index (κ1) is 25.3. The molecule has 0 aromatic heterocycles. The molecule has 34 heavy (non-hydrogen) atoms. The van der Waals surface area contributed by atoms with Gasteiger partial charge in [-0.3, -0.25) is 14.4 Å². The molecule has 2 aliphatic heterocycles. The topological polar surface area (TPSA) is 81.8 Å². The molecule has 3 amide bonds. The van der Waals surface area contributed by atoms with E-state index in [4.69, 9.17) is 0 Å². The van der Waals surface area contributed by atoms with Crippen LogP contribution in [0.5, 0.6) is 0 Å². The molecule has 1 aromatic carbocycles. The third-order valence-corrected chi connectivity index (χ3v) is 6.41. The second-order valence-corrected chi connectivity index (χ2v) is 8.72. The SMILES string of the molecule is C=C/C=C(\C=C)[C@H](NC(=O)CCc1ccc2c(c1)CN(CC)C(=O)CCN2)C(=O)N1CCCC1. The van der Waals surface area contributed by atoms with Gasteiger partial charge >= 0.3 is 0 Å². The van der Waals surface area contributed by atoms with Gasteiger partial charge < -0.3 is 20.4 Å². The molecule has 182 valence electrons. The van der Waals surface area contributed by atoms with Crippen LogP contribution in [0.25, 0.3) is 0 Å². The molecule has 0 saturated carbocycles. The summed E-state index contributed by atoms with van der Waals surface area (Å²) in [5.74, 6) is -0.148. The van der Waals surface area contributed by atoms with Crippen LogP contribution in [-0.2, 0) is 27.3 Å². The molecule has 0 bridgehead atoms. The lowest BCUT2D eigenvalue weighted by Gasteiger charge is -2.26. The Morgan fingerprint density at radius 3 is 2.68 bits per heavy atom. The van der Waals surface area contributed by atoms with Gasteiger partial charge in [0.05, 0.1) is 0 Å². The quantitative estimate of drug-likeness (QED) is 0.550. The van der Waals surface area contributed by atoms with Crippen LogP contribution >= 0.6 is 0 Å². The zero-order chi connectivity index (χ0) is 24.5. The average molecular weight is 465 g/mol. The van der Waals surface area contributed by atoms with E-state index < -0.39 is 6.04 Å². The second-order valence-electron chi connectivity index (χ2n) is 8.72. The molecule has 0 spiro atoms. The number of allylic oxidation sites excluding steroid dienone is 2. The summed E-state index contributed by atoms with van der Waals surface area (Å²) in [4.78, 5) is 41.9. The van der Waals surface area contributed by atoms with Crippen LogP contribution in [0.3, 0.4) is 0 Å². The summed E-state index contributed by atoms with van der Waals surface area (Å²) in [5.41, 5.74) is 3.74. The van der Waals surface area contributed by atoms with E-state index in [-0.39, 0.29) is 24.1 Å². The number of nitrogens with zero attached hydrogens (tertiary/aromatic N) is 2. The molecule has 2 N–H and O–H groups in total. The Hall–Kier alpha value is -3.35. The highest BCUT2D eigenvalue weighted by Gasteiger charge is 2.29. The summed E-state index contributed by atoms with van der Waals surface area (Å²) in [6, 6.07) is 5.34. The molecule has 0 radical (unpaired) electrons. The number of benzene rings is 1. The predicted octanol–water partition coefficient (Wildman–Crippen LogP) is 3.19. The predicted molar refractivity (Wildman–Crippen MR) is 135 cm³/mol. The van der Waals surface area contributed by atoms with E-state index in [1.807, 2.05) is 24.0 Å². The normalized spacial score (nSPS) is 17.2. The maximum absolute atomic E-state index is 13.1. The summed E-state index contributed by atoms with van der Waals surface area (Å²) >= 11 is 0. The van der Waals surface area contributed by atoms with Crippen molar-refractivity contribution in [2.45, 2.75) is 51.6 Å². The third-order valence-electron chi connectivity index (χ3n) is 6.41. The number of hydrogen-bond donors (Lipinski definition) is 2. The van der Waals surface area contributed by atoms with E-state index in [2.05, 4.69) is 29.9 Å². The van der Waals surface area contributed by atoms with E-state index >= 15 is 0 Å². The van der Waals surface area contributed by atoms with Crippen LogP contribution in [0.2, 0.25) is 0 Å². The molecule has 2 aliphatic rings. The number of nitrogens with one attached hydrogen (secondary N) is 2. The van der Waals surface area contributed by atoms with Crippen molar-refractivity contribution < 1.29 is 14.4 Å². The smallest absolute Gasteiger partial charge is 0.249 e. The molecule has 1 fully saturated rings. The molecule has 0 aliphatic carbocycles. The van der Waals surface area contributed by atoms with Crippen LogP contribution in [0.15, 0.2) is 55.2 Å². The lowest BCUT2D eigenvalue weighted by molar-refractivity contribution is -0.134.